The van der Waals surface area contributed by atoms with Gasteiger partial charge in [-0.25, -0.2) is 9.50 Å². The number of fused-ring (bicyclic) bond motifs is 1. The van der Waals surface area contributed by atoms with Crippen molar-refractivity contribution in [3.8, 4) is 28.1 Å². The maximum atomic E-state index is 13.2. The van der Waals surface area contributed by atoms with Crippen LogP contribution in [-0.4, -0.2) is 32.6 Å². The molecule has 5 rings (SSSR count). The highest BCUT2D eigenvalue weighted by atomic mass is 16.5. The van der Waals surface area contributed by atoms with E-state index < -0.39 is 0 Å². The Balaban J connectivity index is 1.67. The van der Waals surface area contributed by atoms with Crippen LogP contribution in [0.3, 0.4) is 0 Å². The first kappa shape index (κ1) is 21.3. The minimum absolute atomic E-state index is 0.270. The summed E-state index contributed by atoms with van der Waals surface area (Å²) in [5.74, 6) is 0.417. The highest BCUT2D eigenvalue weighted by Gasteiger charge is 2.21. The SMILES string of the molecule is COc1ccccc1-c1cc(C(=O)NCc2ccncc2)nc2c(-c3ccccc3)c(C)nn12. The number of hydrogen-bond donors (Lipinski definition) is 1. The number of aromatic nitrogens is 4. The molecule has 0 unspecified atom stereocenters. The summed E-state index contributed by atoms with van der Waals surface area (Å²) in [6.07, 6.45) is 3.40. The van der Waals surface area contributed by atoms with E-state index in [9.17, 15) is 4.79 Å². The van der Waals surface area contributed by atoms with Crippen molar-refractivity contribution >= 4 is 11.6 Å². The van der Waals surface area contributed by atoms with Crippen molar-refractivity contribution < 1.29 is 9.53 Å². The van der Waals surface area contributed by atoms with Crippen LogP contribution < -0.4 is 10.1 Å². The molecule has 1 amide bonds. The predicted molar refractivity (Wildman–Crippen MR) is 131 cm³/mol. The zero-order valence-electron chi connectivity index (χ0n) is 18.9. The van der Waals surface area contributed by atoms with Crippen molar-refractivity contribution in [3.05, 3.63) is 102 Å². The lowest BCUT2D eigenvalue weighted by molar-refractivity contribution is 0.0946. The van der Waals surface area contributed by atoms with Gasteiger partial charge in [-0.05, 0) is 48.4 Å². The molecule has 0 aliphatic carbocycles. The molecule has 0 fully saturated rings. The van der Waals surface area contributed by atoms with Gasteiger partial charge in [-0.1, -0.05) is 42.5 Å². The third kappa shape index (κ3) is 3.99. The van der Waals surface area contributed by atoms with Crippen LogP contribution in [0.15, 0.2) is 85.2 Å². The summed E-state index contributed by atoms with van der Waals surface area (Å²) in [7, 11) is 1.63. The summed E-state index contributed by atoms with van der Waals surface area (Å²) in [5.41, 5.74) is 6.12. The van der Waals surface area contributed by atoms with E-state index in [1.54, 1.807) is 30.1 Å². The molecule has 168 valence electrons. The molecule has 0 radical (unpaired) electrons. The quantitative estimate of drug-likeness (QED) is 0.406. The van der Waals surface area contributed by atoms with Gasteiger partial charge in [-0.3, -0.25) is 9.78 Å². The van der Waals surface area contributed by atoms with E-state index in [2.05, 4.69) is 10.3 Å². The van der Waals surface area contributed by atoms with Crippen LogP contribution >= 0.6 is 0 Å². The number of amides is 1. The van der Waals surface area contributed by atoms with Crippen LogP contribution in [-0.2, 0) is 6.54 Å². The number of methoxy groups -OCH3 is 1. The summed E-state index contributed by atoms with van der Waals surface area (Å²) in [4.78, 5) is 22.0. The van der Waals surface area contributed by atoms with Crippen LogP contribution in [0.5, 0.6) is 5.75 Å². The van der Waals surface area contributed by atoms with Crippen LogP contribution in [0.1, 0.15) is 21.7 Å². The molecule has 2 aromatic carbocycles. The lowest BCUT2D eigenvalue weighted by atomic mass is 10.1. The van der Waals surface area contributed by atoms with Crippen molar-refractivity contribution in [2.24, 2.45) is 0 Å². The number of pyridine rings is 1. The van der Waals surface area contributed by atoms with E-state index in [1.165, 1.54) is 0 Å². The molecule has 5 aromatic rings. The first-order valence-electron chi connectivity index (χ1n) is 10.9. The van der Waals surface area contributed by atoms with E-state index in [0.717, 1.165) is 33.6 Å². The number of rotatable bonds is 6. The second-order valence-corrected chi connectivity index (χ2v) is 7.83. The monoisotopic (exact) mass is 449 g/mol. The largest absolute Gasteiger partial charge is 0.496 e. The van der Waals surface area contributed by atoms with E-state index >= 15 is 0 Å². The smallest absolute Gasteiger partial charge is 0.270 e. The molecule has 1 N–H and O–H groups in total. The first-order chi connectivity index (χ1) is 16.7. The average molecular weight is 450 g/mol. The fourth-order valence-corrected chi connectivity index (χ4v) is 4.00. The van der Waals surface area contributed by atoms with Crippen molar-refractivity contribution in [2.75, 3.05) is 7.11 Å². The molecule has 34 heavy (non-hydrogen) atoms. The molecule has 7 heteroatoms. The standard InChI is InChI=1S/C27H23N5O2/c1-18-25(20-8-4-3-5-9-20)26-30-22(27(33)29-17-19-12-14-28-15-13-19)16-23(32(26)31-18)21-10-6-7-11-24(21)34-2/h3-16H,17H2,1-2H3,(H,29,33). The average Bonchev–Trinajstić information content (AvgIpc) is 3.23. The number of carbonyl (C=O) groups is 1. The summed E-state index contributed by atoms with van der Waals surface area (Å²) >= 11 is 0. The van der Waals surface area contributed by atoms with Gasteiger partial charge in [0, 0.05) is 30.1 Å². The fraction of sp³-hybridized carbons (Fsp3) is 0.111. The number of para-hydroxylation sites is 1. The maximum Gasteiger partial charge on any atom is 0.270 e. The summed E-state index contributed by atoms with van der Waals surface area (Å²) < 4.78 is 7.39. The minimum atomic E-state index is -0.270. The Kier molecular flexibility index (Phi) is 5.74. The van der Waals surface area contributed by atoms with Gasteiger partial charge in [0.25, 0.3) is 5.91 Å². The van der Waals surface area contributed by atoms with Crippen molar-refractivity contribution in [1.29, 1.82) is 0 Å². The molecular weight excluding hydrogens is 426 g/mol. The lowest BCUT2D eigenvalue weighted by Gasteiger charge is -2.12. The van der Waals surface area contributed by atoms with E-state index in [4.69, 9.17) is 14.8 Å². The number of benzene rings is 2. The van der Waals surface area contributed by atoms with E-state index in [-0.39, 0.29) is 5.91 Å². The zero-order chi connectivity index (χ0) is 23.5. The molecule has 7 nitrogen and oxygen atoms in total. The van der Waals surface area contributed by atoms with Gasteiger partial charge < -0.3 is 10.1 Å². The highest BCUT2D eigenvalue weighted by molar-refractivity contribution is 5.95. The second kappa shape index (κ2) is 9.15. The highest BCUT2D eigenvalue weighted by Crippen LogP contribution is 2.34. The van der Waals surface area contributed by atoms with E-state index in [1.807, 2.05) is 73.7 Å². The van der Waals surface area contributed by atoms with Gasteiger partial charge in [0.15, 0.2) is 5.65 Å². The molecule has 3 aromatic heterocycles. The molecule has 3 heterocycles. The molecule has 0 atom stereocenters. The summed E-state index contributed by atoms with van der Waals surface area (Å²) in [6, 6.07) is 23.1. The fourth-order valence-electron chi connectivity index (χ4n) is 4.00. The molecule has 0 saturated carbocycles. The molecule has 0 aliphatic heterocycles. The van der Waals surface area contributed by atoms with Crippen LogP contribution in [0.4, 0.5) is 0 Å². The predicted octanol–water partition coefficient (Wildman–Crippen LogP) is 4.71. The van der Waals surface area contributed by atoms with Gasteiger partial charge >= 0.3 is 0 Å². The Labute approximate surface area is 197 Å². The summed E-state index contributed by atoms with van der Waals surface area (Å²) in [6.45, 7) is 2.33. The number of nitrogens with one attached hydrogen (secondary N) is 1. The lowest BCUT2D eigenvalue weighted by Crippen LogP contribution is -2.24. The van der Waals surface area contributed by atoms with Gasteiger partial charge in [-0.2, -0.15) is 5.10 Å². The third-order valence-electron chi connectivity index (χ3n) is 5.64. The Hall–Kier alpha value is -4.52. The molecular formula is C27H23N5O2. The van der Waals surface area contributed by atoms with Gasteiger partial charge in [0.05, 0.1) is 18.5 Å². The topological polar surface area (TPSA) is 81.4 Å². The van der Waals surface area contributed by atoms with Crippen molar-refractivity contribution in [1.82, 2.24) is 24.9 Å². The second-order valence-electron chi connectivity index (χ2n) is 7.83. The minimum Gasteiger partial charge on any atom is -0.496 e. The molecule has 0 spiro atoms. The number of hydrogen-bond acceptors (Lipinski definition) is 5. The third-order valence-corrected chi connectivity index (χ3v) is 5.64. The Morgan fingerprint density at radius 2 is 1.74 bits per heavy atom. The maximum absolute atomic E-state index is 13.2. The van der Waals surface area contributed by atoms with Crippen LogP contribution in [0.25, 0.3) is 28.0 Å². The Morgan fingerprint density at radius 1 is 1.00 bits per heavy atom. The van der Waals surface area contributed by atoms with Gasteiger partial charge in [0.2, 0.25) is 0 Å². The normalized spacial score (nSPS) is 10.9. The molecule has 0 aliphatic rings. The van der Waals surface area contributed by atoms with Crippen LogP contribution in [0, 0.1) is 6.92 Å². The van der Waals surface area contributed by atoms with E-state index in [0.29, 0.717) is 23.6 Å². The zero-order valence-corrected chi connectivity index (χ0v) is 18.9. The number of nitrogens with zero attached hydrogens (tertiary/aromatic N) is 4. The Bertz CT molecular complexity index is 1460. The van der Waals surface area contributed by atoms with Crippen LogP contribution in [0.2, 0.25) is 0 Å². The number of carbonyl (C=O) groups excluding carboxylic acids is 1. The Morgan fingerprint density at radius 3 is 2.50 bits per heavy atom. The summed E-state index contributed by atoms with van der Waals surface area (Å²) in [5, 5.41) is 7.76. The van der Waals surface area contributed by atoms with Gasteiger partial charge in [-0.15, -0.1) is 0 Å². The molecule has 0 bridgehead atoms. The van der Waals surface area contributed by atoms with Crippen molar-refractivity contribution in [2.45, 2.75) is 13.5 Å². The first-order valence-corrected chi connectivity index (χ1v) is 10.9. The number of aryl methyl sites for hydroxylation is 1. The molecule has 0 saturated heterocycles. The number of ether oxygens (including phenoxy) is 1. The van der Waals surface area contributed by atoms with Gasteiger partial charge in [0.1, 0.15) is 11.4 Å². The van der Waals surface area contributed by atoms with Crippen molar-refractivity contribution in [3.63, 3.8) is 0 Å².